The SMILES string of the molecule is Cc1cc(CCSc2cccc3c2CN(c2ccc(C(F)(F)F)cc2)C3=O)ccc1O. The molecule has 0 fully saturated rings. The van der Waals surface area contributed by atoms with Gasteiger partial charge < -0.3 is 10.0 Å². The number of hydrogen-bond donors (Lipinski definition) is 1. The molecular formula is C24H20F3NO2S. The highest BCUT2D eigenvalue weighted by atomic mass is 32.2. The minimum absolute atomic E-state index is 0.202. The van der Waals surface area contributed by atoms with E-state index in [1.165, 1.54) is 17.0 Å². The Balaban J connectivity index is 1.48. The number of benzene rings is 3. The van der Waals surface area contributed by atoms with Gasteiger partial charge in [-0.15, -0.1) is 11.8 Å². The van der Waals surface area contributed by atoms with Crippen LogP contribution in [0.15, 0.2) is 65.6 Å². The van der Waals surface area contributed by atoms with Crippen molar-refractivity contribution >= 4 is 23.4 Å². The van der Waals surface area contributed by atoms with Crippen LogP contribution in [-0.4, -0.2) is 16.8 Å². The number of aromatic hydroxyl groups is 1. The summed E-state index contributed by atoms with van der Waals surface area (Å²) in [7, 11) is 0. The Morgan fingerprint density at radius 1 is 1.06 bits per heavy atom. The van der Waals surface area contributed by atoms with Crippen molar-refractivity contribution in [1.29, 1.82) is 0 Å². The molecule has 0 bridgehead atoms. The van der Waals surface area contributed by atoms with Gasteiger partial charge >= 0.3 is 6.18 Å². The van der Waals surface area contributed by atoms with Gasteiger partial charge in [0, 0.05) is 21.9 Å². The van der Waals surface area contributed by atoms with Crippen molar-refractivity contribution in [1.82, 2.24) is 0 Å². The molecule has 0 saturated heterocycles. The average Bonchev–Trinajstić information content (AvgIpc) is 3.08. The normalized spacial score (nSPS) is 13.5. The fourth-order valence-corrected chi connectivity index (χ4v) is 4.71. The molecule has 1 amide bonds. The number of thioether (sulfide) groups is 1. The third-order valence-electron chi connectivity index (χ3n) is 5.34. The minimum atomic E-state index is -4.41. The lowest BCUT2D eigenvalue weighted by molar-refractivity contribution is -0.137. The van der Waals surface area contributed by atoms with Gasteiger partial charge in [-0.2, -0.15) is 13.2 Å². The number of amides is 1. The van der Waals surface area contributed by atoms with E-state index >= 15 is 0 Å². The van der Waals surface area contributed by atoms with Crippen LogP contribution in [0.25, 0.3) is 0 Å². The lowest BCUT2D eigenvalue weighted by atomic mass is 10.1. The molecule has 160 valence electrons. The van der Waals surface area contributed by atoms with Gasteiger partial charge in [0.15, 0.2) is 0 Å². The van der Waals surface area contributed by atoms with Crippen LogP contribution in [0.5, 0.6) is 5.75 Å². The van der Waals surface area contributed by atoms with Crippen molar-refractivity contribution in [2.45, 2.75) is 31.0 Å². The minimum Gasteiger partial charge on any atom is -0.508 e. The Labute approximate surface area is 182 Å². The maximum atomic E-state index is 12.9. The van der Waals surface area contributed by atoms with Crippen LogP contribution in [0.1, 0.15) is 32.6 Å². The third kappa shape index (κ3) is 4.42. The molecule has 31 heavy (non-hydrogen) atoms. The monoisotopic (exact) mass is 443 g/mol. The second-order valence-corrected chi connectivity index (χ2v) is 8.57. The smallest absolute Gasteiger partial charge is 0.416 e. The Hall–Kier alpha value is -2.93. The average molecular weight is 443 g/mol. The van der Waals surface area contributed by atoms with Crippen molar-refractivity contribution in [2.24, 2.45) is 0 Å². The molecule has 1 heterocycles. The summed E-state index contributed by atoms with van der Waals surface area (Å²) in [6.45, 7) is 2.19. The Morgan fingerprint density at radius 2 is 1.81 bits per heavy atom. The summed E-state index contributed by atoms with van der Waals surface area (Å²) in [5.74, 6) is 0.875. The topological polar surface area (TPSA) is 40.5 Å². The van der Waals surface area contributed by atoms with Crippen LogP contribution in [-0.2, 0) is 19.1 Å². The molecule has 1 aliphatic heterocycles. The Kier molecular flexibility index (Phi) is 5.71. The van der Waals surface area contributed by atoms with E-state index in [2.05, 4.69) is 0 Å². The van der Waals surface area contributed by atoms with Crippen molar-refractivity contribution in [3.63, 3.8) is 0 Å². The van der Waals surface area contributed by atoms with Crippen LogP contribution in [0.4, 0.5) is 18.9 Å². The summed E-state index contributed by atoms with van der Waals surface area (Å²) in [5, 5.41) is 9.65. The zero-order chi connectivity index (χ0) is 22.2. The highest BCUT2D eigenvalue weighted by Crippen LogP contribution is 2.36. The van der Waals surface area contributed by atoms with Crippen LogP contribution >= 0.6 is 11.8 Å². The van der Waals surface area contributed by atoms with E-state index in [-0.39, 0.29) is 11.7 Å². The number of rotatable bonds is 5. The zero-order valence-corrected chi connectivity index (χ0v) is 17.6. The van der Waals surface area contributed by atoms with Crippen molar-refractivity contribution in [3.8, 4) is 5.75 Å². The van der Waals surface area contributed by atoms with E-state index in [4.69, 9.17) is 0 Å². The third-order valence-corrected chi connectivity index (χ3v) is 6.44. The molecule has 0 atom stereocenters. The number of fused-ring (bicyclic) bond motifs is 1. The van der Waals surface area contributed by atoms with Crippen molar-refractivity contribution in [3.05, 3.63) is 88.5 Å². The fourth-order valence-electron chi connectivity index (χ4n) is 3.63. The molecule has 0 aromatic heterocycles. The molecule has 7 heteroatoms. The number of hydrogen-bond acceptors (Lipinski definition) is 3. The first-order chi connectivity index (χ1) is 14.7. The van der Waals surface area contributed by atoms with E-state index < -0.39 is 11.7 Å². The van der Waals surface area contributed by atoms with Gasteiger partial charge in [0.2, 0.25) is 0 Å². The van der Waals surface area contributed by atoms with Crippen LogP contribution < -0.4 is 4.90 Å². The summed E-state index contributed by atoms with van der Waals surface area (Å²) in [6, 6.07) is 15.8. The molecule has 0 spiro atoms. The number of aryl methyl sites for hydroxylation is 2. The predicted molar refractivity (Wildman–Crippen MR) is 116 cm³/mol. The molecule has 3 aromatic rings. The standard InChI is InChI=1S/C24H20F3NO2S/c1-15-13-16(5-10-21(15)29)11-12-31-22-4-2-3-19-20(22)14-28(23(19)30)18-8-6-17(7-9-18)24(25,26)27/h2-10,13,29H,11-12,14H2,1H3. The van der Waals surface area contributed by atoms with E-state index in [0.717, 1.165) is 45.9 Å². The first-order valence-electron chi connectivity index (χ1n) is 9.76. The van der Waals surface area contributed by atoms with E-state index in [1.807, 2.05) is 31.2 Å². The van der Waals surface area contributed by atoms with E-state index in [1.54, 1.807) is 23.9 Å². The molecule has 0 unspecified atom stereocenters. The second kappa shape index (κ2) is 8.30. The van der Waals surface area contributed by atoms with Gasteiger partial charge in [0.25, 0.3) is 5.91 Å². The molecule has 1 N–H and O–H groups in total. The fraction of sp³-hybridized carbons (Fsp3) is 0.208. The Bertz CT molecular complexity index is 1130. The number of phenolic OH excluding ortho intramolecular Hbond substituents is 1. The molecule has 4 rings (SSSR count). The quantitative estimate of drug-likeness (QED) is 0.476. The van der Waals surface area contributed by atoms with E-state index in [9.17, 15) is 23.1 Å². The van der Waals surface area contributed by atoms with Gasteiger partial charge in [-0.05, 0) is 72.5 Å². The number of anilines is 1. The first kappa shape index (κ1) is 21.3. The summed E-state index contributed by atoms with van der Waals surface area (Å²) >= 11 is 1.65. The van der Waals surface area contributed by atoms with E-state index in [0.29, 0.717) is 17.8 Å². The van der Waals surface area contributed by atoms with Crippen molar-refractivity contribution in [2.75, 3.05) is 10.7 Å². The maximum Gasteiger partial charge on any atom is 0.416 e. The molecule has 0 aliphatic carbocycles. The van der Waals surface area contributed by atoms with Gasteiger partial charge in [-0.1, -0.05) is 18.2 Å². The van der Waals surface area contributed by atoms with Gasteiger partial charge in [0.05, 0.1) is 12.1 Å². The van der Waals surface area contributed by atoms with Crippen molar-refractivity contribution < 1.29 is 23.1 Å². The summed E-state index contributed by atoms with van der Waals surface area (Å²) < 4.78 is 38.5. The summed E-state index contributed by atoms with van der Waals surface area (Å²) in [5.41, 5.74) is 3.16. The summed E-state index contributed by atoms with van der Waals surface area (Å²) in [4.78, 5) is 15.4. The second-order valence-electron chi connectivity index (χ2n) is 7.44. The number of phenols is 1. The molecule has 0 radical (unpaired) electrons. The summed E-state index contributed by atoms with van der Waals surface area (Å²) in [6.07, 6.45) is -3.59. The van der Waals surface area contributed by atoms with Gasteiger partial charge in [0.1, 0.15) is 5.75 Å². The number of carbonyl (C=O) groups is 1. The number of alkyl halides is 3. The molecule has 3 nitrogen and oxygen atoms in total. The Morgan fingerprint density at radius 3 is 2.48 bits per heavy atom. The molecule has 1 aliphatic rings. The van der Waals surface area contributed by atoms with Crippen LogP contribution in [0.2, 0.25) is 0 Å². The van der Waals surface area contributed by atoms with Crippen LogP contribution in [0.3, 0.4) is 0 Å². The highest BCUT2D eigenvalue weighted by molar-refractivity contribution is 7.99. The first-order valence-corrected chi connectivity index (χ1v) is 10.7. The van der Waals surface area contributed by atoms with Gasteiger partial charge in [-0.3, -0.25) is 4.79 Å². The highest BCUT2D eigenvalue weighted by Gasteiger charge is 2.33. The van der Waals surface area contributed by atoms with Crippen LogP contribution in [0, 0.1) is 6.92 Å². The molecule has 0 saturated carbocycles. The number of halogens is 3. The molecular weight excluding hydrogens is 423 g/mol. The number of nitrogens with zero attached hydrogens (tertiary/aromatic N) is 1. The lowest BCUT2D eigenvalue weighted by Gasteiger charge is -2.17. The van der Waals surface area contributed by atoms with Gasteiger partial charge in [-0.25, -0.2) is 0 Å². The largest absolute Gasteiger partial charge is 0.508 e. The maximum absolute atomic E-state index is 12.9. The lowest BCUT2D eigenvalue weighted by Crippen LogP contribution is -2.23. The zero-order valence-electron chi connectivity index (χ0n) is 16.7. The molecule has 3 aromatic carbocycles. The predicted octanol–water partition coefficient (Wildman–Crippen LogP) is 6.21. The number of carbonyl (C=O) groups excluding carboxylic acids is 1.